The van der Waals surface area contributed by atoms with Crippen molar-refractivity contribution < 1.29 is 14.7 Å². The maximum absolute atomic E-state index is 11.9. The first-order chi connectivity index (χ1) is 8.95. The zero-order chi connectivity index (χ0) is 14.4. The molecule has 3 N–H and O–H groups in total. The van der Waals surface area contributed by atoms with Gasteiger partial charge in [-0.3, -0.25) is 4.79 Å². The zero-order valence-corrected chi connectivity index (χ0v) is 11.3. The van der Waals surface area contributed by atoms with E-state index in [9.17, 15) is 4.79 Å². The van der Waals surface area contributed by atoms with Gasteiger partial charge in [-0.15, -0.1) is 0 Å². The Morgan fingerprint density at radius 1 is 1.53 bits per heavy atom. The summed E-state index contributed by atoms with van der Waals surface area (Å²) in [7, 11) is 1.65. The van der Waals surface area contributed by atoms with E-state index in [4.69, 9.17) is 15.7 Å². The van der Waals surface area contributed by atoms with E-state index in [1.807, 2.05) is 13.8 Å². The highest BCUT2D eigenvalue weighted by Gasteiger charge is 2.12. The first-order valence-corrected chi connectivity index (χ1v) is 5.91. The number of rotatable bonds is 5. The molecular formula is C13H19N3O3. The van der Waals surface area contributed by atoms with Gasteiger partial charge < -0.3 is 20.6 Å². The number of hydrogen-bond donors (Lipinski definition) is 2. The predicted octanol–water partition coefficient (Wildman–Crippen LogP) is 1.17. The number of oxime groups is 1. The summed E-state index contributed by atoms with van der Waals surface area (Å²) in [5, 5.41) is 11.6. The van der Waals surface area contributed by atoms with Gasteiger partial charge in [-0.05, 0) is 26.0 Å². The van der Waals surface area contributed by atoms with Crippen LogP contribution in [0.4, 0.5) is 5.69 Å². The van der Waals surface area contributed by atoms with Crippen molar-refractivity contribution in [1.29, 1.82) is 0 Å². The molecule has 0 heterocycles. The second kappa shape index (κ2) is 6.75. The topological polar surface area (TPSA) is 88.2 Å². The van der Waals surface area contributed by atoms with Gasteiger partial charge in [0.1, 0.15) is 6.61 Å². The third-order valence-corrected chi connectivity index (χ3v) is 2.55. The summed E-state index contributed by atoms with van der Waals surface area (Å²) < 4.78 is 5.27. The number of likely N-dealkylation sites (N-methyl/N-ethyl adjacent to an activating group) is 1. The van der Waals surface area contributed by atoms with Crippen LogP contribution in [-0.4, -0.2) is 36.7 Å². The summed E-state index contributed by atoms with van der Waals surface area (Å²) in [5.41, 5.74) is 6.71. The molecule has 0 saturated carbocycles. The van der Waals surface area contributed by atoms with Gasteiger partial charge in [-0.1, -0.05) is 17.3 Å². The Hall–Kier alpha value is -2.08. The number of anilines is 1. The Labute approximate surface area is 112 Å². The number of nitrogens with zero attached hydrogens (tertiary/aromatic N) is 2. The Bertz CT molecular complexity index is 472. The van der Waals surface area contributed by atoms with Crippen LogP contribution in [0.1, 0.15) is 19.4 Å². The lowest BCUT2D eigenvalue weighted by molar-refractivity contribution is -0.124. The molecule has 6 heteroatoms. The van der Waals surface area contributed by atoms with Crippen molar-refractivity contribution in [3.05, 3.63) is 29.8 Å². The van der Waals surface area contributed by atoms with Gasteiger partial charge in [0, 0.05) is 18.3 Å². The molecule has 0 spiro atoms. The Morgan fingerprint density at radius 3 is 2.79 bits per heavy atom. The highest BCUT2D eigenvalue weighted by molar-refractivity contribution is 5.99. The normalized spacial score (nSPS) is 11.7. The molecule has 1 aromatic rings. The van der Waals surface area contributed by atoms with Crippen LogP contribution in [0.2, 0.25) is 0 Å². The number of hydrogen-bond acceptors (Lipinski definition) is 4. The SMILES string of the molecule is CC(C)OCC(=O)N(C)c1cccc(/C(N)=N/O)c1. The van der Waals surface area contributed by atoms with Crippen molar-refractivity contribution in [3.8, 4) is 0 Å². The van der Waals surface area contributed by atoms with Crippen LogP contribution in [0.3, 0.4) is 0 Å². The minimum Gasteiger partial charge on any atom is -0.409 e. The molecule has 19 heavy (non-hydrogen) atoms. The molecule has 1 aromatic carbocycles. The Morgan fingerprint density at radius 2 is 2.21 bits per heavy atom. The summed E-state index contributed by atoms with van der Waals surface area (Å²) >= 11 is 0. The summed E-state index contributed by atoms with van der Waals surface area (Å²) in [4.78, 5) is 13.4. The van der Waals surface area contributed by atoms with Gasteiger partial charge in [0.15, 0.2) is 5.84 Å². The van der Waals surface area contributed by atoms with E-state index in [0.717, 1.165) is 0 Å². The largest absolute Gasteiger partial charge is 0.409 e. The quantitative estimate of drug-likeness (QED) is 0.362. The molecule has 1 amide bonds. The van der Waals surface area contributed by atoms with Crippen LogP contribution in [0, 0.1) is 0 Å². The summed E-state index contributed by atoms with van der Waals surface area (Å²) in [5.74, 6) is -0.161. The number of amidine groups is 1. The molecular weight excluding hydrogens is 246 g/mol. The molecule has 1 rings (SSSR count). The standard InChI is InChI=1S/C13H19N3O3/c1-9(2)19-8-12(17)16(3)11-6-4-5-10(7-11)13(14)15-18/h4-7,9,18H,8H2,1-3H3,(H2,14,15). The van der Waals surface area contributed by atoms with E-state index < -0.39 is 0 Å². The fourth-order valence-electron chi connectivity index (χ4n) is 1.41. The van der Waals surface area contributed by atoms with E-state index in [-0.39, 0.29) is 24.5 Å². The fraction of sp³-hybridized carbons (Fsp3) is 0.385. The van der Waals surface area contributed by atoms with E-state index in [2.05, 4.69) is 5.16 Å². The van der Waals surface area contributed by atoms with Gasteiger partial charge in [0.25, 0.3) is 5.91 Å². The molecule has 6 nitrogen and oxygen atoms in total. The lowest BCUT2D eigenvalue weighted by Crippen LogP contribution is -2.31. The molecule has 0 radical (unpaired) electrons. The van der Waals surface area contributed by atoms with E-state index in [1.165, 1.54) is 4.90 Å². The zero-order valence-electron chi connectivity index (χ0n) is 11.3. The Balaban J connectivity index is 2.82. The van der Waals surface area contributed by atoms with Crippen molar-refractivity contribution in [3.63, 3.8) is 0 Å². The lowest BCUT2D eigenvalue weighted by atomic mass is 10.2. The summed E-state index contributed by atoms with van der Waals surface area (Å²) in [6.07, 6.45) is 0.000788. The number of carbonyl (C=O) groups is 1. The molecule has 0 aliphatic carbocycles. The average molecular weight is 265 g/mol. The molecule has 0 fully saturated rings. The van der Waals surface area contributed by atoms with Gasteiger partial charge in [0.05, 0.1) is 6.10 Å². The molecule has 104 valence electrons. The van der Waals surface area contributed by atoms with Crippen LogP contribution in [-0.2, 0) is 9.53 Å². The van der Waals surface area contributed by atoms with Crippen molar-refractivity contribution in [2.24, 2.45) is 10.9 Å². The summed E-state index contributed by atoms with van der Waals surface area (Å²) in [6, 6.07) is 6.86. The number of nitrogens with two attached hydrogens (primary N) is 1. The van der Waals surface area contributed by atoms with Gasteiger partial charge in [0.2, 0.25) is 0 Å². The first-order valence-electron chi connectivity index (χ1n) is 5.91. The number of ether oxygens (including phenoxy) is 1. The smallest absolute Gasteiger partial charge is 0.252 e. The Kier molecular flexibility index (Phi) is 5.32. The van der Waals surface area contributed by atoms with E-state index in [0.29, 0.717) is 11.3 Å². The first kappa shape index (κ1) is 15.0. The van der Waals surface area contributed by atoms with E-state index in [1.54, 1.807) is 31.3 Å². The number of benzene rings is 1. The van der Waals surface area contributed by atoms with E-state index >= 15 is 0 Å². The van der Waals surface area contributed by atoms with Crippen LogP contribution in [0.5, 0.6) is 0 Å². The highest BCUT2D eigenvalue weighted by atomic mass is 16.5. The average Bonchev–Trinajstić information content (AvgIpc) is 2.43. The molecule has 0 bridgehead atoms. The maximum Gasteiger partial charge on any atom is 0.252 e. The van der Waals surface area contributed by atoms with Gasteiger partial charge >= 0.3 is 0 Å². The monoisotopic (exact) mass is 265 g/mol. The molecule has 0 unspecified atom stereocenters. The predicted molar refractivity (Wildman–Crippen MR) is 73.5 cm³/mol. The second-order valence-electron chi connectivity index (χ2n) is 4.35. The van der Waals surface area contributed by atoms with Crippen LogP contribution in [0.15, 0.2) is 29.4 Å². The van der Waals surface area contributed by atoms with Crippen LogP contribution >= 0.6 is 0 Å². The molecule has 0 aliphatic rings. The fourth-order valence-corrected chi connectivity index (χ4v) is 1.41. The van der Waals surface area contributed by atoms with Crippen molar-refractivity contribution in [2.75, 3.05) is 18.6 Å². The van der Waals surface area contributed by atoms with Crippen molar-refractivity contribution in [2.45, 2.75) is 20.0 Å². The van der Waals surface area contributed by atoms with Crippen molar-refractivity contribution in [1.82, 2.24) is 0 Å². The van der Waals surface area contributed by atoms with Crippen LogP contribution < -0.4 is 10.6 Å². The maximum atomic E-state index is 11.9. The molecule has 0 atom stereocenters. The molecule has 0 aliphatic heterocycles. The van der Waals surface area contributed by atoms with Gasteiger partial charge in [-0.2, -0.15) is 0 Å². The highest BCUT2D eigenvalue weighted by Crippen LogP contribution is 2.15. The number of carbonyl (C=O) groups excluding carboxylic acids is 1. The molecule has 0 aromatic heterocycles. The van der Waals surface area contributed by atoms with Gasteiger partial charge in [-0.25, -0.2) is 0 Å². The third-order valence-electron chi connectivity index (χ3n) is 2.55. The lowest BCUT2D eigenvalue weighted by Gasteiger charge is -2.18. The third kappa shape index (κ3) is 4.26. The summed E-state index contributed by atoms with van der Waals surface area (Å²) in [6.45, 7) is 3.75. The second-order valence-corrected chi connectivity index (χ2v) is 4.35. The van der Waals surface area contributed by atoms with Crippen LogP contribution in [0.25, 0.3) is 0 Å². The minimum absolute atomic E-state index is 0.000788. The minimum atomic E-state index is -0.162. The van der Waals surface area contributed by atoms with Crippen molar-refractivity contribution >= 4 is 17.4 Å². The number of amides is 1. The molecule has 0 saturated heterocycles.